The molecule has 0 saturated heterocycles. The molecule has 0 bridgehead atoms. The number of hydrogen-bond donors (Lipinski definition) is 0. The van der Waals surface area contributed by atoms with Gasteiger partial charge in [-0.1, -0.05) is 48.5 Å². The summed E-state index contributed by atoms with van der Waals surface area (Å²) in [5.74, 6) is -0.107. The van der Waals surface area contributed by atoms with E-state index in [-0.39, 0.29) is 17.4 Å². The molecule has 0 N–H and O–H groups in total. The molecule has 0 amide bonds. The predicted octanol–water partition coefficient (Wildman–Crippen LogP) is 6.65. The van der Waals surface area contributed by atoms with Crippen molar-refractivity contribution in [2.45, 2.75) is 32.2 Å². The molecule has 0 aliphatic rings. The molecule has 0 unspecified atom stereocenters. The van der Waals surface area contributed by atoms with Crippen molar-refractivity contribution in [1.29, 1.82) is 0 Å². The average molecular weight is 437 g/mol. The fraction of sp³-hybridized carbons (Fsp3) is 0.208. The van der Waals surface area contributed by atoms with Gasteiger partial charge >= 0.3 is 0 Å². The number of benzene rings is 2. The third-order valence-corrected chi connectivity index (χ3v) is 7.24. The number of thioether (sulfide) groups is 1. The minimum Gasteiger partial charge on any atom is -0.293 e. The number of hydrogen-bond acceptors (Lipinski definition) is 5. The molecule has 2 aromatic carbocycles. The monoisotopic (exact) mass is 436 g/mol. The van der Waals surface area contributed by atoms with Crippen molar-refractivity contribution in [3.05, 3.63) is 76.2 Å². The molecule has 30 heavy (non-hydrogen) atoms. The van der Waals surface area contributed by atoms with E-state index in [1.807, 2.05) is 0 Å². The van der Waals surface area contributed by atoms with E-state index < -0.39 is 0 Å². The Hall–Kier alpha value is -2.57. The first-order valence-electron chi connectivity index (χ1n) is 9.73. The van der Waals surface area contributed by atoms with Gasteiger partial charge in [-0.3, -0.25) is 4.79 Å². The Morgan fingerprint density at radius 2 is 1.87 bits per heavy atom. The van der Waals surface area contributed by atoms with Gasteiger partial charge in [0, 0.05) is 16.0 Å². The highest BCUT2D eigenvalue weighted by Crippen LogP contribution is 2.42. The number of ketones is 1. The van der Waals surface area contributed by atoms with Crippen LogP contribution in [0.3, 0.4) is 0 Å². The average Bonchev–Trinajstić information content (AvgIpc) is 3.14. The van der Waals surface area contributed by atoms with Crippen LogP contribution >= 0.6 is 23.1 Å². The van der Waals surface area contributed by atoms with Gasteiger partial charge in [-0.25, -0.2) is 14.4 Å². The van der Waals surface area contributed by atoms with Crippen LogP contribution in [0.1, 0.15) is 33.3 Å². The first-order valence-corrected chi connectivity index (χ1v) is 11.5. The van der Waals surface area contributed by atoms with Crippen LogP contribution < -0.4 is 0 Å². The number of halogens is 1. The van der Waals surface area contributed by atoms with Crippen LogP contribution in [0.2, 0.25) is 0 Å². The number of Topliss-reactive ketones (excluding diaryl/α,β-unsaturated/α-hetero) is 1. The van der Waals surface area contributed by atoms with Gasteiger partial charge in [-0.05, 0) is 49.6 Å². The lowest BCUT2D eigenvalue weighted by Gasteiger charge is -2.08. The summed E-state index contributed by atoms with van der Waals surface area (Å²) in [6.07, 6.45) is 2.47. The number of thiophene rings is 1. The molecule has 0 aliphatic heterocycles. The topological polar surface area (TPSA) is 42.9 Å². The van der Waals surface area contributed by atoms with Crippen molar-refractivity contribution < 1.29 is 9.18 Å². The molecule has 3 nitrogen and oxygen atoms in total. The van der Waals surface area contributed by atoms with Gasteiger partial charge < -0.3 is 0 Å². The summed E-state index contributed by atoms with van der Waals surface area (Å²) in [6, 6.07) is 13.0. The van der Waals surface area contributed by atoms with Gasteiger partial charge in [0.15, 0.2) is 5.78 Å². The lowest BCUT2D eigenvalue weighted by molar-refractivity contribution is 0.102. The second-order valence-corrected chi connectivity index (χ2v) is 9.20. The molecule has 152 valence electrons. The SMILES string of the molecule is CCc1sc2ncnc(SCC(=O)c3ccc(F)c(C)c3)c2c1-c1ccc(C)cc1. The Morgan fingerprint density at radius 1 is 1.10 bits per heavy atom. The Kier molecular flexibility index (Phi) is 5.97. The fourth-order valence-electron chi connectivity index (χ4n) is 3.37. The molecule has 4 aromatic rings. The molecule has 4 rings (SSSR count). The van der Waals surface area contributed by atoms with Crippen LogP contribution in [0, 0.1) is 19.7 Å². The summed E-state index contributed by atoms with van der Waals surface area (Å²) in [5, 5.41) is 1.81. The van der Waals surface area contributed by atoms with Crippen molar-refractivity contribution in [2.75, 3.05) is 5.75 Å². The molecular weight excluding hydrogens is 415 g/mol. The number of aromatic nitrogens is 2. The van der Waals surface area contributed by atoms with Crippen LogP contribution in [0.4, 0.5) is 4.39 Å². The highest BCUT2D eigenvalue weighted by molar-refractivity contribution is 8.00. The second-order valence-electron chi connectivity index (χ2n) is 7.15. The van der Waals surface area contributed by atoms with E-state index in [4.69, 9.17) is 0 Å². The Balaban J connectivity index is 1.70. The number of fused-ring (bicyclic) bond motifs is 1. The molecule has 0 spiro atoms. The molecule has 0 fully saturated rings. The van der Waals surface area contributed by atoms with Gasteiger partial charge in [0.05, 0.1) is 11.1 Å². The lowest BCUT2D eigenvalue weighted by Crippen LogP contribution is -2.04. The van der Waals surface area contributed by atoms with Crippen LogP contribution in [-0.4, -0.2) is 21.5 Å². The number of nitrogens with zero attached hydrogens (tertiary/aromatic N) is 2. The Bertz CT molecular complexity index is 1230. The highest BCUT2D eigenvalue weighted by Gasteiger charge is 2.19. The zero-order chi connectivity index (χ0) is 21.3. The molecule has 2 heterocycles. The third-order valence-electron chi connectivity index (χ3n) is 5.01. The van der Waals surface area contributed by atoms with Gasteiger partial charge in [0.2, 0.25) is 0 Å². The molecular formula is C24H21FN2OS2. The van der Waals surface area contributed by atoms with Crippen LogP contribution in [0.25, 0.3) is 21.3 Å². The Morgan fingerprint density at radius 3 is 2.57 bits per heavy atom. The predicted molar refractivity (Wildman–Crippen MR) is 123 cm³/mol. The number of rotatable bonds is 6. The van der Waals surface area contributed by atoms with Crippen molar-refractivity contribution >= 4 is 39.1 Å². The summed E-state index contributed by atoms with van der Waals surface area (Å²) >= 11 is 3.09. The van der Waals surface area contributed by atoms with E-state index in [0.29, 0.717) is 11.1 Å². The summed E-state index contributed by atoms with van der Waals surface area (Å²) < 4.78 is 13.5. The number of carbonyl (C=O) groups excluding carboxylic acids is 1. The minimum absolute atomic E-state index is 0.0438. The molecule has 6 heteroatoms. The third kappa shape index (κ3) is 4.02. The van der Waals surface area contributed by atoms with E-state index in [1.165, 1.54) is 34.3 Å². The van der Waals surface area contributed by atoms with Crippen LogP contribution in [-0.2, 0) is 6.42 Å². The fourth-order valence-corrected chi connectivity index (χ4v) is 5.44. The minimum atomic E-state index is -0.301. The van der Waals surface area contributed by atoms with E-state index in [1.54, 1.807) is 30.7 Å². The molecule has 0 aliphatic carbocycles. The van der Waals surface area contributed by atoms with Gasteiger partial charge in [-0.15, -0.1) is 11.3 Å². The van der Waals surface area contributed by atoms with Gasteiger partial charge in [-0.2, -0.15) is 0 Å². The maximum absolute atomic E-state index is 13.5. The van der Waals surface area contributed by atoms with Crippen molar-refractivity contribution in [3.8, 4) is 11.1 Å². The maximum Gasteiger partial charge on any atom is 0.173 e. The highest BCUT2D eigenvalue weighted by atomic mass is 32.2. The van der Waals surface area contributed by atoms with Gasteiger partial charge in [0.1, 0.15) is 22.0 Å². The summed E-state index contributed by atoms with van der Waals surface area (Å²) in [6.45, 7) is 5.88. The van der Waals surface area contributed by atoms with E-state index in [0.717, 1.165) is 32.8 Å². The van der Waals surface area contributed by atoms with Crippen molar-refractivity contribution in [3.63, 3.8) is 0 Å². The van der Waals surface area contributed by atoms with Crippen molar-refractivity contribution in [2.24, 2.45) is 0 Å². The second kappa shape index (κ2) is 8.66. The molecule has 0 radical (unpaired) electrons. The first-order chi connectivity index (χ1) is 14.5. The normalized spacial score (nSPS) is 11.2. The largest absolute Gasteiger partial charge is 0.293 e. The molecule has 0 atom stereocenters. The van der Waals surface area contributed by atoms with E-state index in [2.05, 4.69) is 48.1 Å². The molecule has 0 saturated carbocycles. The van der Waals surface area contributed by atoms with E-state index >= 15 is 0 Å². The van der Waals surface area contributed by atoms with E-state index in [9.17, 15) is 9.18 Å². The summed E-state index contributed by atoms with van der Waals surface area (Å²) in [4.78, 5) is 23.9. The summed E-state index contributed by atoms with van der Waals surface area (Å²) in [5.41, 5.74) is 4.50. The van der Waals surface area contributed by atoms with Crippen LogP contribution in [0.15, 0.2) is 53.8 Å². The quantitative estimate of drug-likeness (QED) is 0.193. The van der Waals surface area contributed by atoms with Gasteiger partial charge in [0.25, 0.3) is 0 Å². The smallest absolute Gasteiger partial charge is 0.173 e. The lowest BCUT2D eigenvalue weighted by atomic mass is 10.0. The zero-order valence-corrected chi connectivity index (χ0v) is 18.7. The summed E-state index contributed by atoms with van der Waals surface area (Å²) in [7, 11) is 0. The number of aryl methyl sites for hydroxylation is 3. The van der Waals surface area contributed by atoms with Crippen LogP contribution in [0.5, 0.6) is 0 Å². The maximum atomic E-state index is 13.5. The Labute approximate surface area is 183 Å². The molecule has 2 aromatic heterocycles. The number of carbonyl (C=O) groups is 1. The van der Waals surface area contributed by atoms with Crippen molar-refractivity contribution in [1.82, 2.24) is 9.97 Å². The standard InChI is InChI=1S/C24H21FN2OS2/c1-4-20-21(16-7-5-14(2)6-8-16)22-23(26-13-27-24(22)30-20)29-12-19(28)17-9-10-18(25)15(3)11-17/h5-11,13H,4,12H2,1-3H3. The first kappa shape index (κ1) is 20.7. The zero-order valence-electron chi connectivity index (χ0n) is 17.0.